The monoisotopic (exact) mass is 140 g/mol. The van der Waals surface area contributed by atoms with Gasteiger partial charge in [0.05, 0.1) is 12.3 Å². The molecule has 0 atom stereocenters. The third-order valence-corrected chi connectivity index (χ3v) is 1.33. The van der Waals surface area contributed by atoms with Gasteiger partial charge in [0.2, 0.25) is 0 Å². The van der Waals surface area contributed by atoms with Crippen LogP contribution in [0.5, 0.6) is 0 Å². The van der Waals surface area contributed by atoms with E-state index in [-0.39, 0.29) is 0 Å². The minimum absolute atomic E-state index is 0.747. The highest BCUT2D eigenvalue weighted by atomic mass is 16.5. The van der Waals surface area contributed by atoms with E-state index in [2.05, 4.69) is 5.10 Å². The van der Waals surface area contributed by atoms with Crippen LogP contribution in [0.3, 0.4) is 0 Å². The van der Waals surface area contributed by atoms with Crippen molar-refractivity contribution >= 4 is 0 Å². The lowest BCUT2D eigenvalue weighted by atomic mass is 10.3. The molecule has 0 aromatic carbocycles. The fourth-order valence-electron chi connectivity index (χ4n) is 0.803. The molecule has 0 aliphatic heterocycles. The van der Waals surface area contributed by atoms with Crippen LogP contribution >= 0.6 is 0 Å². The molecule has 0 unspecified atom stereocenters. The second-order valence-corrected chi connectivity index (χ2v) is 2.22. The van der Waals surface area contributed by atoms with Crippen LogP contribution in [0.25, 0.3) is 0 Å². The predicted octanol–water partition coefficient (Wildman–Crippen LogP) is 0.609. The Labute approximate surface area is 60.6 Å². The number of rotatable bonds is 3. The quantitative estimate of drug-likeness (QED) is 0.615. The molecule has 0 aliphatic carbocycles. The Hall–Kier alpha value is -0.830. The molecule has 0 saturated heterocycles. The van der Waals surface area contributed by atoms with Crippen molar-refractivity contribution in [1.82, 2.24) is 9.78 Å². The number of nitrogens with zero attached hydrogens (tertiary/aromatic N) is 2. The van der Waals surface area contributed by atoms with Gasteiger partial charge in [-0.2, -0.15) is 5.10 Å². The lowest BCUT2D eigenvalue weighted by Gasteiger charge is -1.92. The molecule has 0 N–H and O–H groups in total. The SMILES string of the molecule is COCCc1ccn(C)n1. The number of hydrogen-bond acceptors (Lipinski definition) is 2. The standard InChI is InChI=1S/C7H12N2O/c1-9-5-3-7(8-9)4-6-10-2/h3,5H,4,6H2,1-2H3. The zero-order chi connectivity index (χ0) is 7.40. The topological polar surface area (TPSA) is 27.1 Å². The summed E-state index contributed by atoms with van der Waals surface area (Å²) in [6, 6.07) is 2.00. The highest BCUT2D eigenvalue weighted by Gasteiger charge is 1.93. The molecule has 0 fully saturated rings. The first-order valence-corrected chi connectivity index (χ1v) is 3.30. The van der Waals surface area contributed by atoms with Gasteiger partial charge >= 0.3 is 0 Å². The van der Waals surface area contributed by atoms with Gasteiger partial charge in [0.15, 0.2) is 0 Å². The molecule has 0 spiro atoms. The molecular weight excluding hydrogens is 128 g/mol. The molecule has 1 aromatic heterocycles. The van der Waals surface area contributed by atoms with Crippen LogP contribution in [0.2, 0.25) is 0 Å². The zero-order valence-corrected chi connectivity index (χ0v) is 6.37. The van der Waals surface area contributed by atoms with Gasteiger partial charge in [-0.05, 0) is 6.07 Å². The smallest absolute Gasteiger partial charge is 0.0647 e. The van der Waals surface area contributed by atoms with Crippen molar-refractivity contribution in [2.24, 2.45) is 7.05 Å². The molecule has 10 heavy (non-hydrogen) atoms. The average molecular weight is 140 g/mol. The molecule has 0 amide bonds. The van der Waals surface area contributed by atoms with Crippen LogP contribution < -0.4 is 0 Å². The largest absolute Gasteiger partial charge is 0.384 e. The van der Waals surface area contributed by atoms with Crippen molar-refractivity contribution < 1.29 is 4.74 Å². The van der Waals surface area contributed by atoms with Crippen molar-refractivity contribution in [2.75, 3.05) is 13.7 Å². The molecule has 56 valence electrons. The normalized spacial score (nSPS) is 10.2. The van der Waals surface area contributed by atoms with Crippen molar-refractivity contribution in [3.8, 4) is 0 Å². The molecule has 3 nitrogen and oxygen atoms in total. The van der Waals surface area contributed by atoms with Gasteiger partial charge in [-0.1, -0.05) is 0 Å². The lowest BCUT2D eigenvalue weighted by molar-refractivity contribution is 0.201. The van der Waals surface area contributed by atoms with Crippen molar-refractivity contribution in [3.05, 3.63) is 18.0 Å². The zero-order valence-electron chi connectivity index (χ0n) is 6.37. The Morgan fingerprint density at radius 1 is 1.70 bits per heavy atom. The molecule has 0 aliphatic rings. The van der Waals surface area contributed by atoms with Crippen LogP contribution in [-0.2, 0) is 18.2 Å². The van der Waals surface area contributed by atoms with E-state index in [1.165, 1.54) is 0 Å². The highest BCUT2D eigenvalue weighted by Crippen LogP contribution is 1.94. The number of ether oxygens (including phenoxy) is 1. The van der Waals surface area contributed by atoms with Crippen molar-refractivity contribution in [3.63, 3.8) is 0 Å². The summed E-state index contributed by atoms with van der Waals surface area (Å²) in [6.45, 7) is 0.747. The summed E-state index contributed by atoms with van der Waals surface area (Å²) < 4.78 is 6.70. The summed E-state index contributed by atoms with van der Waals surface area (Å²) >= 11 is 0. The molecule has 1 aromatic rings. The van der Waals surface area contributed by atoms with E-state index < -0.39 is 0 Å². The maximum Gasteiger partial charge on any atom is 0.0647 e. The van der Waals surface area contributed by atoms with Crippen LogP contribution in [-0.4, -0.2) is 23.5 Å². The highest BCUT2D eigenvalue weighted by molar-refractivity contribution is 4.98. The fraction of sp³-hybridized carbons (Fsp3) is 0.571. The average Bonchev–Trinajstić information content (AvgIpc) is 2.31. The van der Waals surface area contributed by atoms with Crippen molar-refractivity contribution in [2.45, 2.75) is 6.42 Å². The molecular formula is C7H12N2O. The van der Waals surface area contributed by atoms with Gasteiger partial charge in [0, 0.05) is 26.8 Å². The number of aromatic nitrogens is 2. The van der Waals surface area contributed by atoms with Gasteiger partial charge < -0.3 is 4.74 Å². The Balaban J connectivity index is 2.42. The minimum Gasteiger partial charge on any atom is -0.384 e. The van der Waals surface area contributed by atoms with Gasteiger partial charge in [0.1, 0.15) is 0 Å². The summed E-state index contributed by atoms with van der Waals surface area (Å²) in [5.41, 5.74) is 1.09. The first kappa shape index (κ1) is 7.28. The van der Waals surface area contributed by atoms with Gasteiger partial charge in [-0.25, -0.2) is 0 Å². The summed E-state index contributed by atoms with van der Waals surface area (Å²) in [7, 11) is 3.61. The number of aryl methyl sites for hydroxylation is 1. The Kier molecular flexibility index (Phi) is 2.45. The van der Waals surface area contributed by atoms with Gasteiger partial charge in [-0.3, -0.25) is 4.68 Å². The first-order chi connectivity index (χ1) is 4.83. The minimum atomic E-state index is 0.747. The van der Waals surface area contributed by atoms with Crippen molar-refractivity contribution in [1.29, 1.82) is 0 Å². The van der Waals surface area contributed by atoms with Gasteiger partial charge in [0.25, 0.3) is 0 Å². The molecule has 1 rings (SSSR count). The lowest BCUT2D eigenvalue weighted by Crippen LogP contribution is -1.96. The number of hydrogen-bond donors (Lipinski definition) is 0. The van der Waals surface area contributed by atoms with Crippen LogP contribution in [0.15, 0.2) is 12.3 Å². The molecule has 0 radical (unpaired) electrons. The van der Waals surface area contributed by atoms with E-state index in [9.17, 15) is 0 Å². The molecule has 0 bridgehead atoms. The summed E-state index contributed by atoms with van der Waals surface area (Å²) in [6.07, 6.45) is 2.84. The maximum atomic E-state index is 4.91. The molecule has 3 heteroatoms. The number of methoxy groups -OCH3 is 1. The van der Waals surface area contributed by atoms with Crippen LogP contribution in [0, 0.1) is 0 Å². The second-order valence-electron chi connectivity index (χ2n) is 2.22. The third-order valence-electron chi connectivity index (χ3n) is 1.33. The van der Waals surface area contributed by atoms with E-state index in [0.717, 1.165) is 18.7 Å². The fourth-order valence-corrected chi connectivity index (χ4v) is 0.803. The Morgan fingerprint density at radius 2 is 2.50 bits per heavy atom. The maximum absolute atomic E-state index is 4.91. The first-order valence-electron chi connectivity index (χ1n) is 3.30. The van der Waals surface area contributed by atoms with Crippen LogP contribution in [0.4, 0.5) is 0 Å². The predicted molar refractivity (Wildman–Crippen MR) is 38.8 cm³/mol. The second kappa shape index (κ2) is 3.37. The van der Waals surface area contributed by atoms with E-state index in [0.29, 0.717) is 0 Å². The molecule has 1 heterocycles. The summed E-state index contributed by atoms with van der Waals surface area (Å²) in [5, 5.41) is 4.18. The molecule has 0 saturated carbocycles. The third kappa shape index (κ3) is 1.84. The van der Waals surface area contributed by atoms with E-state index >= 15 is 0 Å². The van der Waals surface area contributed by atoms with E-state index in [1.54, 1.807) is 11.8 Å². The Morgan fingerprint density at radius 3 is 3.00 bits per heavy atom. The van der Waals surface area contributed by atoms with E-state index in [1.807, 2.05) is 19.3 Å². The van der Waals surface area contributed by atoms with Gasteiger partial charge in [-0.15, -0.1) is 0 Å². The summed E-state index contributed by atoms with van der Waals surface area (Å²) in [4.78, 5) is 0. The summed E-state index contributed by atoms with van der Waals surface area (Å²) in [5.74, 6) is 0. The van der Waals surface area contributed by atoms with E-state index in [4.69, 9.17) is 4.74 Å². The Bertz CT molecular complexity index is 195. The van der Waals surface area contributed by atoms with Crippen LogP contribution in [0.1, 0.15) is 5.69 Å².